The van der Waals surface area contributed by atoms with E-state index in [1.165, 1.54) is 23.1 Å². The summed E-state index contributed by atoms with van der Waals surface area (Å²) < 4.78 is 1.61. The number of rotatable bonds is 7. The van der Waals surface area contributed by atoms with Gasteiger partial charge in [0, 0.05) is 22.2 Å². The van der Waals surface area contributed by atoms with E-state index in [1.54, 1.807) is 35.4 Å². The zero-order valence-corrected chi connectivity index (χ0v) is 18.2. The van der Waals surface area contributed by atoms with Gasteiger partial charge in [-0.25, -0.2) is 9.67 Å². The van der Waals surface area contributed by atoms with E-state index in [0.717, 1.165) is 21.3 Å². The van der Waals surface area contributed by atoms with Crippen molar-refractivity contribution in [3.63, 3.8) is 0 Å². The molecule has 0 aliphatic carbocycles. The lowest BCUT2D eigenvalue weighted by molar-refractivity contribution is -0.113. The summed E-state index contributed by atoms with van der Waals surface area (Å²) >= 11 is 2.77. The number of nitrogens with one attached hydrogen (secondary N) is 2. The summed E-state index contributed by atoms with van der Waals surface area (Å²) in [5.41, 5.74) is 2.94. The van der Waals surface area contributed by atoms with E-state index >= 15 is 0 Å². The van der Waals surface area contributed by atoms with Crippen LogP contribution in [0.1, 0.15) is 15.9 Å². The van der Waals surface area contributed by atoms with Gasteiger partial charge in [0.2, 0.25) is 11.0 Å². The van der Waals surface area contributed by atoms with Crippen molar-refractivity contribution in [3.05, 3.63) is 83.6 Å². The average Bonchev–Trinajstić information content (AvgIpc) is 3.46. The smallest absolute Gasteiger partial charge is 0.256 e. The van der Waals surface area contributed by atoms with Crippen LogP contribution in [0.5, 0.6) is 0 Å². The van der Waals surface area contributed by atoms with Crippen LogP contribution in [-0.2, 0) is 4.79 Å². The molecule has 0 bridgehead atoms. The van der Waals surface area contributed by atoms with Gasteiger partial charge in [-0.15, -0.1) is 23.1 Å². The molecule has 0 aliphatic heterocycles. The molecule has 156 valence electrons. The molecule has 2 N–H and O–H groups in total. The van der Waals surface area contributed by atoms with Gasteiger partial charge < -0.3 is 10.6 Å². The van der Waals surface area contributed by atoms with Gasteiger partial charge in [0.1, 0.15) is 0 Å². The lowest BCUT2D eigenvalue weighted by Gasteiger charge is -2.09. The lowest BCUT2D eigenvalue weighted by Crippen LogP contribution is -2.15. The Bertz CT molecular complexity index is 1190. The molecule has 2 aromatic heterocycles. The summed E-state index contributed by atoms with van der Waals surface area (Å²) in [6, 6.07) is 14.8. The van der Waals surface area contributed by atoms with Gasteiger partial charge in [0.05, 0.1) is 29.4 Å². The molecule has 7 nitrogen and oxygen atoms in total. The number of thiazole rings is 1. The zero-order valence-electron chi connectivity index (χ0n) is 16.6. The molecule has 2 amide bonds. The minimum absolute atomic E-state index is 0.131. The summed E-state index contributed by atoms with van der Waals surface area (Å²) in [6.07, 6.45) is 4.98. The Kier molecular flexibility index (Phi) is 6.44. The van der Waals surface area contributed by atoms with Crippen LogP contribution >= 0.6 is 23.1 Å². The number of thioether (sulfide) groups is 1. The van der Waals surface area contributed by atoms with E-state index in [9.17, 15) is 9.59 Å². The Balaban J connectivity index is 1.39. The van der Waals surface area contributed by atoms with Gasteiger partial charge in [-0.3, -0.25) is 9.59 Å². The first-order valence-electron chi connectivity index (χ1n) is 9.43. The highest BCUT2D eigenvalue weighted by Gasteiger charge is 2.14. The van der Waals surface area contributed by atoms with Crippen molar-refractivity contribution in [3.8, 4) is 5.13 Å². The molecule has 0 atom stereocenters. The average molecular weight is 450 g/mol. The molecule has 31 heavy (non-hydrogen) atoms. The van der Waals surface area contributed by atoms with E-state index in [2.05, 4.69) is 20.7 Å². The summed E-state index contributed by atoms with van der Waals surface area (Å²) in [5, 5.41) is 12.5. The van der Waals surface area contributed by atoms with Gasteiger partial charge in [-0.05, 0) is 31.2 Å². The molecule has 0 spiro atoms. The predicted octanol–water partition coefficient (Wildman–Crippen LogP) is 4.62. The Morgan fingerprint density at radius 3 is 2.65 bits per heavy atom. The van der Waals surface area contributed by atoms with Crippen LogP contribution in [0.4, 0.5) is 11.4 Å². The second kappa shape index (κ2) is 9.59. The summed E-state index contributed by atoms with van der Waals surface area (Å²) in [5.74, 6) is -0.199. The number of aryl methyl sites for hydroxylation is 1. The quantitative estimate of drug-likeness (QED) is 0.402. The number of carbonyl (C=O) groups excluding carboxylic acids is 2. The van der Waals surface area contributed by atoms with Crippen molar-refractivity contribution in [2.24, 2.45) is 0 Å². The van der Waals surface area contributed by atoms with Gasteiger partial charge in [-0.1, -0.05) is 29.8 Å². The molecule has 2 aromatic carbocycles. The van der Waals surface area contributed by atoms with Gasteiger partial charge in [-0.2, -0.15) is 5.10 Å². The largest absolute Gasteiger partial charge is 0.325 e. The summed E-state index contributed by atoms with van der Waals surface area (Å²) in [4.78, 5) is 30.1. The third kappa shape index (κ3) is 5.39. The fourth-order valence-corrected chi connectivity index (χ4v) is 4.20. The van der Waals surface area contributed by atoms with Gasteiger partial charge in [0.25, 0.3) is 5.91 Å². The molecule has 0 saturated heterocycles. The van der Waals surface area contributed by atoms with Crippen LogP contribution in [0.15, 0.2) is 77.4 Å². The molecule has 0 fully saturated rings. The second-order valence-corrected chi connectivity index (χ2v) is 8.53. The minimum atomic E-state index is -0.263. The van der Waals surface area contributed by atoms with Gasteiger partial charge in [0.15, 0.2) is 0 Å². The van der Waals surface area contributed by atoms with E-state index in [0.29, 0.717) is 11.3 Å². The fraction of sp³-hybridized carbons (Fsp3) is 0.0909. The highest BCUT2D eigenvalue weighted by atomic mass is 32.2. The first-order chi connectivity index (χ1) is 15.1. The Morgan fingerprint density at radius 1 is 1.06 bits per heavy atom. The first kappa shape index (κ1) is 20.8. The van der Waals surface area contributed by atoms with Crippen LogP contribution < -0.4 is 10.6 Å². The minimum Gasteiger partial charge on any atom is -0.325 e. The molecular formula is C22H19N5O2S2. The highest BCUT2D eigenvalue weighted by Crippen LogP contribution is 2.24. The highest BCUT2D eigenvalue weighted by molar-refractivity contribution is 8.00. The van der Waals surface area contributed by atoms with E-state index in [-0.39, 0.29) is 17.6 Å². The summed E-state index contributed by atoms with van der Waals surface area (Å²) in [6.45, 7) is 1.99. The van der Waals surface area contributed by atoms with Crippen LogP contribution in [-0.4, -0.2) is 32.3 Å². The molecule has 4 aromatic rings. The topological polar surface area (TPSA) is 88.9 Å². The molecule has 0 radical (unpaired) electrons. The number of benzene rings is 2. The number of hydrogen-bond acceptors (Lipinski definition) is 6. The number of nitrogens with zero attached hydrogens (tertiary/aromatic N) is 3. The SMILES string of the molecule is Cc1ccc(NC(=O)CSc2ccccc2C(=O)Nc2cnn(-c3nccs3)c2)cc1. The summed E-state index contributed by atoms with van der Waals surface area (Å²) in [7, 11) is 0. The van der Waals surface area contributed by atoms with E-state index in [4.69, 9.17) is 0 Å². The molecule has 0 aliphatic rings. The molecule has 9 heteroatoms. The molecule has 4 rings (SSSR count). The Hall–Kier alpha value is -3.43. The molecule has 0 unspecified atom stereocenters. The van der Waals surface area contributed by atoms with E-state index in [1.807, 2.05) is 48.7 Å². The second-order valence-electron chi connectivity index (χ2n) is 6.64. The van der Waals surface area contributed by atoms with Crippen LogP contribution in [0.3, 0.4) is 0 Å². The van der Waals surface area contributed by atoms with Crippen LogP contribution in [0, 0.1) is 6.92 Å². The predicted molar refractivity (Wildman–Crippen MR) is 124 cm³/mol. The Morgan fingerprint density at radius 2 is 1.87 bits per heavy atom. The number of anilines is 2. The maximum absolute atomic E-state index is 12.8. The third-order valence-corrected chi connectivity index (χ3v) is 6.12. The number of carbonyl (C=O) groups is 2. The van der Waals surface area contributed by atoms with Crippen molar-refractivity contribution in [2.75, 3.05) is 16.4 Å². The number of hydrogen-bond donors (Lipinski definition) is 2. The fourth-order valence-electron chi connectivity index (χ4n) is 2.78. The lowest BCUT2D eigenvalue weighted by atomic mass is 10.2. The molecule has 0 saturated carbocycles. The normalized spacial score (nSPS) is 10.6. The van der Waals surface area contributed by atoms with Crippen molar-refractivity contribution in [1.82, 2.24) is 14.8 Å². The Labute approximate surface area is 187 Å². The monoisotopic (exact) mass is 449 g/mol. The molecular weight excluding hydrogens is 430 g/mol. The van der Waals surface area contributed by atoms with Crippen molar-refractivity contribution in [1.29, 1.82) is 0 Å². The number of aromatic nitrogens is 3. The van der Waals surface area contributed by atoms with Crippen molar-refractivity contribution in [2.45, 2.75) is 11.8 Å². The zero-order chi connectivity index (χ0) is 21.6. The van der Waals surface area contributed by atoms with E-state index < -0.39 is 0 Å². The first-order valence-corrected chi connectivity index (χ1v) is 11.3. The van der Waals surface area contributed by atoms with Crippen molar-refractivity contribution < 1.29 is 9.59 Å². The third-order valence-electron chi connectivity index (χ3n) is 4.28. The van der Waals surface area contributed by atoms with Crippen LogP contribution in [0.2, 0.25) is 0 Å². The standard InChI is InChI=1S/C22H19N5O2S2/c1-15-6-8-16(9-7-15)25-20(28)14-31-19-5-3-2-4-18(19)21(29)26-17-12-24-27(13-17)22-23-10-11-30-22/h2-13H,14H2,1H3,(H,25,28)(H,26,29). The van der Waals surface area contributed by atoms with Gasteiger partial charge >= 0.3 is 0 Å². The maximum Gasteiger partial charge on any atom is 0.256 e. The van der Waals surface area contributed by atoms with Crippen LogP contribution in [0.25, 0.3) is 5.13 Å². The number of amides is 2. The van der Waals surface area contributed by atoms with Crippen molar-refractivity contribution >= 4 is 46.3 Å². The maximum atomic E-state index is 12.8. The molecule has 2 heterocycles.